The zero-order valence-electron chi connectivity index (χ0n) is 24.4. The minimum absolute atomic E-state index is 0.0370. The number of aliphatic carboxylic acids is 1. The summed E-state index contributed by atoms with van der Waals surface area (Å²) in [6, 6.07) is 8.27. The molecule has 1 atom stereocenters. The van der Waals surface area contributed by atoms with E-state index >= 15 is 0 Å². The minimum atomic E-state index is -4.01. The summed E-state index contributed by atoms with van der Waals surface area (Å²) in [5.41, 5.74) is 1.36. The molecule has 1 aromatic carbocycles. The Bertz CT molecular complexity index is 1670. The first-order chi connectivity index (χ1) is 20.5. The van der Waals surface area contributed by atoms with Crippen molar-refractivity contribution in [2.24, 2.45) is 0 Å². The number of thiazole rings is 1. The molecule has 3 aromatic rings. The number of hydrogen-bond acceptors (Lipinski definition) is 9. The Kier molecular flexibility index (Phi) is 8.72. The lowest BCUT2D eigenvalue weighted by Gasteiger charge is -2.26. The first kappa shape index (κ1) is 30.8. The molecule has 0 radical (unpaired) electrons. The van der Waals surface area contributed by atoms with Gasteiger partial charge >= 0.3 is 5.97 Å². The molecule has 1 saturated heterocycles. The maximum atomic E-state index is 13.8. The number of likely N-dealkylation sites (tertiary alicyclic amines) is 1. The zero-order chi connectivity index (χ0) is 30.9. The van der Waals surface area contributed by atoms with Crippen LogP contribution in [0.1, 0.15) is 50.1 Å². The summed E-state index contributed by atoms with van der Waals surface area (Å²) < 4.78 is 34.0. The van der Waals surface area contributed by atoms with Crippen molar-refractivity contribution < 1.29 is 32.6 Å². The molecule has 2 aliphatic rings. The fourth-order valence-corrected chi connectivity index (χ4v) is 8.26. The molecule has 2 amide bonds. The van der Waals surface area contributed by atoms with Crippen LogP contribution >= 0.6 is 11.3 Å². The number of methoxy groups -OCH3 is 1. The maximum absolute atomic E-state index is 13.8. The number of unbranched alkanes of at least 4 members (excludes halogenated alkanes) is 1. The van der Waals surface area contributed by atoms with E-state index in [1.807, 2.05) is 6.92 Å². The minimum Gasteiger partial charge on any atom is -0.481 e. The van der Waals surface area contributed by atoms with Crippen LogP contribution in [0.4, 0.5) is 5.69 Å². The molecule has 5 rings (SSSR count). The molecule has 1 fully saturated rings. The largest absolute Gasteiger partial charge is 0.481 e. The van der Waals surface area contributed by atoms with Crippen LogP contribution in [0, 0.1) is 0 Å². The molecule has 2 aliphatic heterocycles. The molecule has 230 valence electrons. The summed E-state index contributed by atoms with van der Waals surface area (Å²) in [5, 5.41) is 9.81. The van der Waals surface area contributed by atoms with Crippen LogP contribution in [-0.4, -0.2) is 90.3 Å². The average molecular weight is 630 g/mol. The van der Waals surface area contributed by atoms with Gasteiger partial charge in [0, 0.05) is 56.8 Å². The number of pyridine rings is 1. The maximum Gasteiger partial charge on any atom is 0.304 e. The first-order valence-electron chi connectivity index (χ1n) is 14.2. The SMILES string of the molecule is CCCCN(CCC(=O)O)S(=O)(=O)c1ccc2c(c1)C1(CCN(C(C)=O)C1)CN2C(=O)Cc1nc2ccc(OC)nc2s1. The number of aromatic nitrogens is 2. The number of ether oxygens (including phenoxy) is 1. The number of carboxylic acid groups (broad SMARTS) is 1. The Morgan fingerprint density at radius 3 is 2.60 bits per heavy atom. The highest BCUT2D eigenvalue weighted by Crippen LogP contribution is 2.47. The Morgan fingerprint density at radius 2 is 1.93 bits per heavy atom. The van der Waals surface area contributed by atoms with Gasteiger partial charge in [0.25, 0.3) is 0 Å². The van der Waals surface area contributed by atoms with E-state index in [-0.39, 0.29) is 42.6 Å². The predicted octanol–water partition coefficient (Wildman–Crippen LogP) is 3.04. The number of amides is 2. The summed E-state index contributed by atoms with van der Waals surface area (Å²) in [4.78, 5) is 50.4. The predicted molar refractivity (Wildman–Crippen MR) is 161 cm³/mol. The van der Waals surface area contributed by atoms with Gasteiger partial charge in [0.05, 0.1) is 24.8 Å². The Labute approximate surface area is 254 Å². The molecule has 12 nitrogen and oxygen atoms in total. The fourth-order valence-electron chi connectivity index (χ4n) is 5.84. The molecular formula is C29H35N5O7S2. The summed E-state index contributed by atoms with van der Waals surface area (Å²) >= 11 is 1.32. The van der Waals surface area contributed by atoms with Gasteiger partial charge in [-0.15, -0.1) is 0 Å². The van der Waals surface area contributed by atoms with Crippen LogP contribution in [0.25, 0.3) is 10.3 Å². The van der Waals surface area contributed by atoms with Gasteiger partial charge in [0.2, 0.25) is 27.7 Å². The van der Waals surface area contributed by atoms with Gasteiger partial charge < -0.3 is 19.6 Å². The Hall–Kier alpha value is -3.62. The van der Waals surface area contributed by atoms with Crippen molar-refractivity contribution in [2.45, 2.75) is 56.3 Å². The second-order valence-corrected chi connectivity index (χ2v) is 14.0. The molecule has 2 aromatic heterocycles. The van der Waals surface area contributed by atoms with Crippen LogP contribution in [0.15, 0.2) is 35.2 Å². The number of carboxylic acids is 1. The topological polar surface area (TPSA) is 150 Å². The van der Waals surface area contributed by atoms with E-state index in [9.17, 15) is 27.9 Å². The molecule has 0 bridgehead atoms. The van der Waals surface area contributed by atoms with Crippen LogP contribution < -0.4 is 9.64 Å². The average Bonchev–Trinajstić information content (AvgIpc) is 3.67. The smallest absolute Gasteiger partial charge is 0.304 e. The second kappa shape index (κ2) is 12.2. The highest BCUT2D eigenvalue weighted by Gasteiger charge is 2.50. The van der Waals surface area contributed by atoms with Crippen molar-refractivity contribution in [3.63, 3.8) is 0 Å². The number of carbonyl (C=O) groups is 3. The van der Waals surface area contributed by atoms with Gasteiger partial charge in [-0.25, -0.2) is 18.4 Å². The van der Waals surface area contributed by atoms with E-state index in [0.29, 0.717) is 65.0 Å². The number of benzene rings is 1. The van der Waals surface area contributed by atoms with Gasteiger partial charge in [0.1, 0.15) is 15.4 Å². The molecule has 4 heterocycles. The van der Waals surface area contributed by atoms with Gasteiger partial charge in [-0.1, -0.05) is 24.7 Å². The van der Waals surface area contributed by atoms with Gasteiger partial charge in [-0.3, -0.25) is 14.4 Å². The molecule has 1 N–H and O–H groups in total. The highest BCUT2D eigenvalue weighted by molar-refractivity contribution is 7.89. The number of hydrogen-bond donors (Lipinski definition) is 1. The number of nitrogens with zero attached hydrogens (tertiary/aromatic N) is 5. The summed E-state index contributed by atoms with van der Waals surface area (Å²) in [7, 11) is -2.48. The second-order valence-electron chi connectivity index (χ2n) is 11.0. The number of rotatable bonds is 11. The lowest BCUT2D eigenvalue weighted by molar-refractivity contribution is -0.137. The lowest BCUT2D eigenvalue weighted by Crippen LogP contribution is -2.40. The molecule has 0 aliphatic carbocycles. The highest BCUT2D eigenvalue weighted by atomic mass is 32.2. The number of fused-ring (bicyclic) bond motifs is 3. The zero-order valence-corrected chi connectivity index (χ0v) is 26.0. The van der Waals surface area contributed by atoms with Gasteiger partial charge in [-0.2, -0.15) is 4.31 Å². The molecule has 14 heteroatoms. The Morgan fingerprint density at radius 1 is 1.14 bits per heavy atom. The molecule has 43 heavy (non-hydrogen) atoms. The van der Waals surface area contributed by atoms with Crippen molar-refractivity contribution in [2.75, 3.05) is 44.7 Å². The third-order valence-electron chi connectivity index (χ3n) is 8.15. The number of anilines is 1. The van der Waals surface area contributed by atoms with Crippen LogP contribution in [-0.2, 0) is 36.2 Å². The van der Waals surface area contributed by atoms with Crippen molar-refractivity contribution >= 4 is 55.2 Å². The van der Waals surface area contributed by atoms with E-state index in [2.05, 4.69) is 9.97 Å². The summed E-state index contributed by atoms with van der Waals surface area (Å²) in [5.74, 6) is -0.879. The summed E-state index contributed by atoms with van der Waals surface area (Å²) in [6.45, 7) is 4.69. The monoisotopic (exact) mass is 629 g/mol. The van der Waals surface area contributed by atoms with Crippen molar-refractivity contribution in [3.8, 4) is 5.88 Å². The molecule has 1 unspecified atom stereocenters. The lowest BCUT2D eigenvalue weighted by atomic mass is 9.81. The van der Waals surface area contributed by atoms with E-state index in [0.717, 1.165) is 6.42 Å². The Balaban J connectivity index is 1.49. The van der Waals surface area contributed by atoms with Crippen LogP contribution in [0.2, 0.25) is 0 Å². The molecular weight excluding hydrogens is 594 g/mol. The molecule has 1 spiro atoms. The van der Waals surface area contributed by atoms with Crippen molar-refractivity contribution in [1.82, 2.24) is 19.2 Å². The quantitative estimate of drug-likeness (QED) is 0.338. The van der Waals surface area contributed by atoms with Crippen molar-refractivity contribution in [1.29, 1.82) is 0 Å². The third kappa shape index (κ3) is 6.08. The van der Waals surface area contributed by atoms with E-state index in [1.54, 1.807) is 34.1 Å². The normalized spacial score (nSPS) is 18.1. The first-order valence-corrected chi connectivity index (χ1v) is 16.5. The van der Waals surface area contributed by atoms with Crippen LogP contribution in [0.5, 0.6) is 5.88 Å². The van der Waals surface area contributed by atoms with Crippen LogP contribution in [0.3, 0.4) is 0 Å². The standard InChI is InChI=1S/C29H35N5O7S2/c1-4-5-12-33(13-10-27(37)38)43(39,40)20-6-8-23-21(15-20)29(11-14-32(17-29)19(2)35)18-34(23)26(36)16-25-30-22-7-9-24(41-3)31-28(22)42-25/h6-9,15H,4-5,10-14,16-18H2,1-3H3,(H,37,38). The van der Waals surface area contributed by atoms with E-state index in [4.69, 9.17) is 4.74 Å². The van der Waals surface area contributed by atoms with Gasteiger partial charge in [0.15, 0.2) is 0 Å². The number of sulfonamides is 1. The third-order valence-corrected chi connectivity index (χ3v) is 11.0. The van der Waals surface area contributed by atoms with E-state index < -0.39 is 21.4 Å². The molecule has 0 saturated carbocycles. The fraction of sp³-hybridized carbons (Fsp3) is 0.483. The van der Waals surface area contributed by atoms with Crippen molar-refractivity contribution in [3.05, 3.63) is 40.9 Å². The number of carbonyl (C=O) groups excluding carboxylic acids is 2. The van der Waals surface area contributed by atoms with Gasteiger partial charge in [-0.05, 0) is 42.7 Å². The van der Waals surface area contributed by atoms with E-state index in [1.165, 1.54) is 35.7 Å². The summed E-state index contributed by atoms with van der Waals surface area (Å²) in [6.07, 6.45) is 1.66.